The highest BCUT2D eigenvalue weighted by Gasteiger charge is 2.34. The van der Waals surface area contributed by atoms with E-state index in [0.29, 0.717) is 11.5 Å². The van der Waals surface area contributed by atoms with Crippen LogP contribution in [-0.4, -0.2) is 36.4 Å². The molecule has 2 N–H and O–H groups in total. The third-order valence-electron chi connectivity index (χ3n) is 2.91. The van der Waals surface area contributed by atoms with Crippen molar-refractivity contribution in [3.8, 4) is 11.5 Å². The molecule has 0 bridgehead atoms. The zero-order chi connectivity index (χ0) is 15.3. The van der Waals surface area contributed by atoms with Crippen molar-refractivity contribution in [2.45, 2.75) is 39.3 Å². The second-order valence-electron chi connectivity index (χ2n) is 5.38. The van der Waals surface area contributed by atoms with Crippen LogP contribution in [0.2, 0.25) is 0 Å². The third kappa shape index (κ3) is 4.13. The molecule has 0 saturated heterocycles. The summed E-state index contributed by atoms with van der Waals surface area (Å²) in [6, 6.07) is 5.57. The van der Waals surface area contributed by atoms with Gasteiger partial charge in [0, 0.05) is 6.04 Å². The van der Waals surface area contributed by atoms with E-state index >= 15 is 0 Å². The van der Waals surface area contributed by atoms with Gasteiger partial charge < -0.3 is 14.6 Å². The van der Waals surface area contributed by atoms with Gasteiger partial charge in [-0.15, -0.1) is 0 Å². The Morgan fingerprint density at radius 3 is 2.55 bits per heavy atom. The largest absolute Gasteiger partial charge is 0.493 e. The van der Waals surface area contributed by atoms with Gasteiger partial charge in [-0.1, -0.05) is 6.07 Å². The van der Waals surface area contributed by atoms with Gasteiger partial charge in [0.1, 0.15) is 12.1 Å². The molecule has 1 aromatic carbocycles. The molecular weight excluding hydrogens is 258 g/mol. The molecule has 0 fully saturated rings. The summed E-state index contributed by atoms with van der Waals surface area (Å²) >= 11 is 0. The van der Waals surface area contributed by atoms with Crippen molar-refractivity contribution in [3.05, 3.63) is 23.8 Å². The second-order valence-corrected chi connectivity index (χ2v) is 5.38. The zero-order valence-corrected chi connectivity index (χ0v) is 12.7. The normalized spacial score (nSPS) is 13.9. The van der Waals surface area contributed by atoms with Crippen molar-refractivity contribution in [1.29, 1.82) is 0 Å². The summed E-state index contributed by atoms with van der Waals surface area (Å²) in [4.78, 5) is 11.4. The Hall–Kier alpha value is -1.75. The number of aryl methyl sites for hydroxylation is 1. The number of carbonyl (C=O) groups is 1. The highest BCUT2D eigenvalue weighted by atomic mass is 16.5. The molecule has 1 unspecified atom stereocenters. The first-order valence-electron chi connectivity index (χ1n) is 6.57. The lowest BCUT2D eigenvalue weighted by molar-refractivity contribution is -0.145. The van der Waals surface area contributed by atoms with Crippen LogP contribution in [0.15, 0.2) is 18.2 Å². The van der Waals surface area contributed by atoms with Gasteiger partial charge in [-0.05, 0) is 45.4 Å². The Bertz CT molecular complexity index is 473. The van der Waals surface area contributed by atoms with Gasteiger partial charge in [0.2, 0.25) is 0 Å². The molecule has 0 aliphatic rings. The van der Waals surface area contributed by atoms with Crippen LogP contribution in [0.4, 0.5) is 0 Å². The number of nitrogens with one attached hydrogen (secondary N) is 1. The molecule has 112 valence electrons. The van der Waals surface area contributed by atoms with Crippen LogP contribution in [0, 0.1) is 6.92 Å². The van der Waals surface area contributed by atoms with Crippen LogP contribution in [-0.2, 0) is 4.79 Å². The number of benzene rings is 1. The lowest BCUT2D eigenvalue weighted by atomic mass is 10.0. The number of carboxylic acids is 1. The second kappa shape index (κ2) is 6.61. The maximum absolute atomic E-state index is 11.4. The minimum atomic E-state index is -1.15. The highest BCUT2D eigenvalue weighted by Crippen LogP contribution is 2.28. The number of hydrogen-bond acceptors (Lipinski definition) is 4. The molecule has 5 nitrogen and oxygen atoms in total. The Kier molecular flexibility index (Phi) is 5.39. The summed E-state index contributed by atoms with van der Waals surface area (Å²) in [7, 11) is 1.56. The molecule has 5 heteroatoms. The van der Waals surface area contributed by atoms with E-state index in [-0.39, 0.29) is 12.6 Å². The molecule has 0 aliphatic carbocycles. The molecular formula is C15H23NO4. The first kappa shape index (κ1) is 16.3. The fraction of sp³-hybridized carbons (Fsp3) is 0.533. The third-order valence-corrected chi connectivity index (χ3v) is 2.91. The van der Waals surface area contributed by atoms with E-state index in [9.17, 15) is 9.90 Å². The molecule has 0 spiro atoms. The summed E-state index contributed by atoms with van der Waals surface area (Å²) in [6.45, 7) is 7.37. The van der Waals surface area contributed by atoms with E-state index in [1.165, 1.54) is 0 Å². The van der Waals surface area contributed by atoms with Crippen LogP contribution in [0.5, 0.6) is 11.5 Å². The smallest absolute Gasteiger partial charge is 0.327 e. The van der Waals surface area contributed by atoms with Crippen molar-refractivity contribution >= 4 is 5.97 Å². The number of aliphatic carboxylic acids is 1. The molecule has 0 aromatic heterocycles. The predicted molar refractivity (Wildman–Crippen MR) is 77.5 cm³/mol. The Balaban J connectivity index is 2.85. The Morgan fingerprint density at radius 2 is 2.05 bits per heavy atom. The topological polar surface area (TPSA) is 67.8 Å². The minimum Gasteiger partial charge on any atom is -0.493 e. The van der Waals surface area contributed by atoms with E-state index in [0.717, 1.165) is 5.56 Å². The fourth-order valence-electron chi connectivity index (χ4n) is 1.92. The monoisotopic (exact) mass is 281 g/mol. The van der Waals surface area contributed by atoms with Crippen molar-refractivity contribution < 1.29 is 19.4 Å². The Labute approximate surface area is 119 Å². The van der Waals surface area contributed by atoms with Gasteiger partial charge in [0.15, 0.2) is 11.5 Å². The summed E-state index contributed by atoms with van der Waals surface area (Å²) in [5.41, 5.74) is -0.0974. The van der Waals surface area contributed by atoms with E-state index in [2.05, 4.69) is 5.32 Å². The number of carboxylic acid groups (broad SMARTS) is 1. The SMILES string of the molecule is COc1cc(C)ccc1OCC(C)(NC(C)C)C(=O)O. The summed E-state index contributed by atoms with van der Waals surface area (Å²) in [5, 5.41) is 12.4. The molecule has 1 aromatic rings. The molecule has 0 aliphatic heterocycles. The van der Waals surface area contributed by atoms with Gasteiger partial charge in [0.25, 0.3) is 0 Å². The lowest BCUT2D eigenvalue weighted by Crippen LogP contribution is -2.56. The van der Waals surface area contributed by atoms with Crippen molar-refractivity contribution in [3.63, 3.8) is 0 Å². The van der Waals surface area contributed by atoms with E-state index in [1.54, 1.807) is 20.1 Å². The molecule has 0 amide bonds. The van der Waals surface area contributed by atoms with Gasteiger partial charge in [0.05, 0.1) is 7.11 Å². The Morgan fingerprint density at radius 1 is 1.40 bits per heavy atom. The number of hydrogen-bond donors (Lipinski definition) is 2. The maximum Gasteiger partial charge on any atom is 0.327 e. The fourth-order valence-corrected chi connectivity index (χ4v) is 1.92. The standard InChI is InChI=1S/C15H23NO4/c1-10(2)16-15(4,14(17)18)9-20-12-7-6-11(3)8-13(12)19-5/h6-8,10,16H,9H2,1-5H3,(H,17,18). The van der Waals surface area contributed by atoms with Gasteiger partial charge in [-0.25, -0.2) is 0 Å². The maximum atomic E-state index is 11.4. The molecule has 0 radical (unpaired) electrons. The average Bonchev–Trinajstić information content (AvgIpc) is 2.36. The highest BCUT2D eigenvalue weighted by molar-refractivity contribution is 5.78. The van der Waals surface area contributed by atoms with E-state index < -0.39 is 11.5 Å². The van der Waals surface area contributed by atoms with Crippen molar-refractivity contribution in [1.82, 2.24) is 5.32 Å². The van der Waals surface area contributed by atoms with Crippen LogP contribution in [0.3, 0.4) is 0 Å². The van der Waals surface area contributed by atoms with Crippen LogP contribution in [0.25, 0.3) is 0 Å². The summed E-state index contributed by atoms with van der Waals surface area (Å²) in [6.07, 6.45) is 0. The first-order chi connectivity index (χ1) is 9.28. The van der Waals surface area contributed by atoms with Gasteiger partial charge in [-0.3, -0.25) is 10.1 Å². The van der Waals surface area contributed by atoms with Gasteiger partial charge in [-0.2, -0.15) is 0 Å². The number of rotatable bonds is 7. The van der Waals surface area contributed by atoms with Gasteiger partial charge >= 0.3 is 5.97 Å². The summed E-state index contributed by atoms with van der Waals surface area (Å²) < 4.78 is 10.9. The zero-order valence-electron chi connectivity index (χ0n) is 12.7. The van der Waals surface area contributed by atoms with Crippen LogP contribution >= 0.6 is 0 Å². The van der Waals surface area contributed by atoms with E-state index in [1.807, 2.05) is 32.9 Å². The van der Waals surface area contributed by atoms with Crippen molar-refractivity contribution in [2.24, 2.45) is 0 Å². The van der Waals surface area contributed by atoms with E-state index in [4.69, 9.17) is 9.47 Å². The van der Waals surface area contributed by atoms with Crippen molar-refractivity contribution in [2.75, 3.05) is 13.7 Å². The molecule has 20 heavy (non-hydrogen) atoms. The molecule has 0 heterocycles. The predicted octanol–water partition coefficient (Wildman–Crippen LogP) is 2.22. The quantitative estimate of drug-likeness (QED) is 0.802. The number of methoxy groups -OCH3 is 1. The average molecular weight is 281 g/mol. The molecule has 1 atom stereocenters. The first-order valence-corrected chi connectivity index (χ1v) is 6.57. The number of ether oxygens (including phenoxy) is 2. The van der Waals surface area contributed by atoms with Crippen LogP contribution in [0.1, 0.15) is 26.3 Å². The molecule has 0 saturated carbocycles. The lowest BCUT2D eigenvalue weighted by Gasteiger charge is -2.28. The minimum absolute atomic E-state index is 0.0138. The summed E-state index contributed by atoms with van der Waals surface area (Å²) in [5.74, 6) is 0.190. The molecule has 1 rings (SSSR count). The van der Waals surface area contributed by atoms with Crippen LogP contribution < -0.4 is 14.8 Å².